The van der Waals surface area contributed by atoms with Crippen LogP contribution in [0.3, 0.4) is 0 Å². The van der Waals surface area contributed by atoms with Crippen LogP contribution in [0.15, 0.2) is 0 Å². The van der Waals surface area contributed by atoms with E-state index in [1.54, 1.807) is 0 Å². The number of esters is 4. The summed E-state index contributed by atoms with van der Waals surface area (Å²) in [4.78, 5) is 73.4. The van der Waals surface area contributed by atoms with Crippen LogP contribution in [0.5, 0.6) is 0 Å². The van der Waals surface area contributed by atoms with Crippen molar-refractivity contribution in [2.75, 3.05) is 39.6 Å². The van der Waals surface area contributed by atoms with Crippen molar-refractivity contribution in [1.29, 1.82) is 0 Å². The van der Waals surface area contributed by atoms with E-state index in [4.69, 9.17) is 37.0 Å². The normalized spacial score (nSPS) is 14.3. The van der Waals surface area contributed by atoms with Crippen LogP contribution in [0.2, 0.25) is 0 Å². The molecule has 0 rings (SSSR count). The molecule has 17 nitrogen and oxygen atoms in total. The van der Waals surface area contributed by atoms with Gasteiger partial charge in [-0.05, 0) is 37.5 Å². The van der Waals surface area contributed by atoms with Crippen LogP contribution in [0.4, 0.5) is 0 Å². The quantitative estimate of drug-likeness (QED) is 0.0222. The summed E-state index contributed by atoms with van der Waals surface area (Å²) in [6.45, 7) is 9.75. The van der Waals surface area contributed by atoms with Gasteiger partial charge in [-0.15, -0.1) is 0 Å². The van der Waals surface area contributed by atoms with E-state index in [2.05, 4.69) is 41.5 Å². The summed E-state index contributed by atoms with van der Waals surface area (Å²) in [5.74, 6) is -0.470. The molecule has 0 aromatic carbocycles. The van der Waals surface area contributed by atoms with E-state index in [0.29, 0.717) is 25.7 Å². The van der Waals surface area contributed by atoms with Gasteiger partial charge in [0.1, 0.15) is 19.3 Å². The van der Waals surface area contributed by atoms with E-state index in [-0.39, 0.29) is 25.7 Å². The molecule has 0 aliphatic rings. The molecule has 0 fully saturated rings. The molecule has 4 unspecified atom stereocenters. The highest BCUT2D eigenvalue weighted by molar-refractivity contribution is 7.47. The van der Waals surface area contributed by atoms with Crippen molar-refractivity contribution in [3.63, 3.8) is 0 Å². The number of ether oxygens (including phenoxy) is 4. The largest absolute Gasteiger partial charge is 0.472 e. The second kappa shape index (κ2) is 80.3. The van der Waals surface area contributed by atoms with Gasteiger partial charge in [0.05, 0.1) is 26.4 Å². The third kappa shape index (κ3) is 79.3. The number of aliphatic hydroxyl groups is 1. The van der Waals surface area contributed by atoms with E-state index < -0.39 is 97.5 Å². The highest BCUT2D eigenvalue weighted by Gasteiger charge is 2.31. The molecule has 0 spiro atoms. The topological polar surface area (TPSA) is 237 Å². The second-order valence-corrected chi connectivity index (χ2v) is 35.4. The Morgan fingerprint density at radius 2 is 0.444 bits per heavy atom. The molecule has 7 atom stereocenters. The third-order valence-electron chi connectivity index (χ3n) is 21.7. The highest BCUT2D eigenvalue weighted by Crippen LogP contribution is 2.45. The predicted molar refractivity (Wildman–Crippen MR) is 446 cm³/mol. The number of rotatable bonds is 88. The number of phosphoric ester groups is 2. The molecule has 0 aliphatic carbocycles. The number of hydrogen-bond donors (Lipinski definition) is 3. The molecule has 0 saturated heterocycles. The minimum absolute atomic E-state index is 0.108. The fraction of sp³-hybridized carbons (Fsp3) is 0.955. The van der Waals surface area contributed by atoms with Gasteiger partial charge >= 0.3 is 39.5 Å². The molecule has 0 aromatic heterocycles. The lowest BCUT2D eigenvalue weighted by Gasteiger charge is -2.21. The molecule has 0 aromatic rings. The summed E-state index contributed by atoms with van der Waals surface area (Å²) >= 11 is 0. The van der Waals surface area contributed by atoms with Gasteiger partial charge in [-0.3, -0.25) is 37.3 Å². The highest BCUT2D eigenvalue weighted by atomic mass is 31.2. The molecule has 642 valence electrons. The Kier molecular flexibility index (Phi) is 78.8. The number of carbonyl (C=O) groups excluding carboxylic acids is 4. The molecule has 0 radical (unpaired) electrons. The zero-order valence-corrected chi connectivity index (χ0v) is 73.0. The third-order valence-corrected chi connectivity index (χ3v) is 23.6. The standard InChI is InChI=1S/C89H174O17P2/c1-7-11-13-15-17-19-21-23-25-27-28-29-30-32-34-40-44-48-56-62-68-73-88(93)105-84(77-99-86(91)71-65-59-53-46-42-38-36-35-37-41-45-51-57-63-69-81(5)9-3)79-103-107(95,96)101-75-83(90)76-102-108(97,98)104-80-85(78-100-87(92)72-66-60-54-50-49-52-58-64-70-82(6)10-4)106-89(94)74-67-61-55-47-43-39-33-31-26-24-22-20-18-16-14-12-8-2/h81-85,90H,7-80H2,1-6H3,(H,95,96)(H,97,98)/t81?,82?,83-,84-,85-/m1/s1. The van der Waals surface area contributed by atoms with Gasteiger partial charge in [-0.2, -0.15) is 0 Å². The summed E-state index contributed by atoms with van der Waals surface area (Å²) in [6, 6.07) is 0. The zero-order valence-electron chi connectivity index (χ0n) is 71.2. The van der Waals surface area contributed by atoms with Crippen LogP contribution in [-0.2, 0) is 65.4 Å². The average molecular weight is 1580 g/mol. The number of aliphatic hydroxyl groups excluding tert-OH is 1. The maximum atomic E-state index is 13.2. The van der Waals surface area contributed by atoms with Gasteiger partial charge in [0.2, 0.25) is 0 Å². The summed E-state index contributed by atoms with van der Waals surface area (Å²) in [5.41, 5.74) is 0. The lowest BCUT2D eigenvalue weighted by Crippen LogP contribution is -2.30. The van der Waals surface area contributed by atoms with E-state index in [1.165, 1.54) is 295 Å². The molecule has 0 bridgehead atoms. The van der Waals surface area contributed by atoms with Crippen LogP contribution in [0, 0.1) is 11.8 Å². The lowest BCUT2D eigenvalue weighted by atomic mass is 9.99. The monoisotopic (exact) mass is 1580 g/mol. The smallest absolute Gasteiger partial charge is 0.462 e. The Hall–Kier alpha value is -1.94. The Labute approximate surface area is 664 Å². The van der Waals surface area contributed by atoms with Gasteiger partial charge in [0.15, 0.2) is 12.2 Å². The van der Waals surface area contributed by atoms with Crippen LogP contribution in [0.1, 0.15) is 478 Å². The van der Waals surface area contributed by atoms with Crippen molar-refractivity contribution < 1.29 is 80.2 Å². The van der Waals surface area contributed by atoms with Crippen molar-refractivity contribution in [2.24, 2.45) is 11.8 Å². The average Bonchev–Trinajstić information content (AvgIpc) is 0.896. The molecule has 108 heavy (non-hydrogen) atoms. The van der Waals surface area contributed by atoms with Crippen LogP contribution < -0.4 is 0 Å². The Balaban J connectivity index is 5.26. The van der Waals surface area contributed by atoms with E-state index >= 15 is 0 Å². The second-order valence-electron chi connectivity index (χ2n) is 32.5. The predicted octanol–water partition coefficient (Wildman–Crippen LogP) is 27.4. The molecule has 0 heterocycles. The van der Waals surface area contributed by atoms with Crippen LogP contribution in [0.25, 0.3) is 0 Å². The van der Waals surface area contributed by atoms with Gasteiger partial charge in [0, 0.05) is 25.7 Å². The van der Waals surface area contributed by atoms with Gasteiger partial charge in [-0.1, -0.05) is 427 Å². The first kappa shape index (κ1) is 106. The first-order valence-electron chi connectivity index (χ1n) is 46.1. The maximum absolute atomic E-state index is 13.2. The summed E-state index contributed by atoms with van der Waals surface area (Å²) in [6.07, 6.45) is 73.5. The summed E-state index contributed by atoms with van der Waals surface area (Å²) in [7, 11) is -9.93. The van der Waals surface area contributed by atoms with E-state index in [0.717, 1.165) is 102 Å². The molecule has 0 aliphatic heterocycles. The summed E-state index contributed by atoms with van der Waals surface area (Å²) in [5, 5.41) is 10.7. The Bertz CT molecular complexity index is 2070. The Morgan fingerprint density at radius 3 is 0.657 bits per heavy atom. The first-order chi connectivity index (χ1) is 52.4. The molecule has 3 N–H and O–H groups in total. The number of carbonyl (C=O) groups is 4. The van der Waals surface area contributed by atoms with E-state index in [1.807, 2.05) is 0 Å². The number of unbranched alkanes of at least 4 members (excludes halogenated alkanes) is 56. The van der Waals surface area contributed by atoms with E-state index in [9.17, 15) is 43.2 Å². The first-order valence-corrected chi connectivity index (χ1v) is 49.1. The van der Waals surface area contributed by atoms with Gasteiger partial charge < -0.3 is 33.8 Å². The number of phosphoric acid groups is 2. The molecule has 0 saturated carbocycles. The van der Waals surface area contributed by atoms with Crippen LogP contribution >= 0.6 is 15.6 Å². The molecule has 0 amide bonds. The van der Waals surface area contributed by atoms with Crippen molar-refractivity contribution in [2.45, 2.75) is 496 Å². The van der Waals surface area contributed by atoms with Crippen molar-refractivity contribution in [3.8, 4) is 0 Å². The lowest BCUT2D eigenvalue weighted by molar-refractivity contribution is -0.161. The minimum atomic E-state index is -4.97. The van der Waals surface area contributed by atoms with Crippen molar-refractivity contribution in [1.82, 2.24) is 0 Å². The fourth-order valence-electron chi connectivity index (χ4n) is 13.9. The zero-order chi connectivity index (χ0) is 79.2. The summed E-state index contributed by atoms with van der Waals surface area (Å²) < 4.78 is 69.0. The Morgan fingerprint density at radius 1 is 0.259 bits per heavy atom. The van der Waals surface area contributed by atoms with Gasteiger partial charge in [-0.25, -0.2) is 9.13 Å². The van der Waals surface area contributed by atoms with Gasteiger partial charge in [0.25, 0.3) is 0 Å². The maximum Gasteiger partial charge on any atom is 0.472 e. The molecular weight excluding hydrogens is 1400 g/mol. The van der Waals surface area contributed by atoms with Crippen molar-refractivity contribution >= 4 is 39.5 Å². The van der Waals surface area contributed by atoms with Crippen molar-refractivity contribution in [3.05, 3.63) is 0 Å². The minimum Gasteiger partial charge on any atom is -0.462 e. The molecular formula is C89H174O17P2. The van der Waals surface area contributed by atoms with Crippen LogP contribution in [-0.4, -0.2) is 96.7 Å². The number of hydrogen-bond acceptors (Lipinski definition) is 15. The molecule has 19 heteroatoms. The fourth-order valence-corrected chi connectivity index (χ4v) is 15.5. The SMILES string of the molecule is CCCCCCCCCCCCCCCCCCCCCCCC(=O)O[C@H](COC(=O)CCCCCCCCCCCCCCCCC(C)CC)COP(=O)(O)OC[C@@H](O)COP(=O)(O)OC[C@@H](COC(=O)CCCCCCCCCCC(C)CC)OC(=O)CCCCCCCCCCCCCCCCCCC.